The SMILES string of the molecule is CC(C)Oc1c[n+](Cc2ccccc2)ccn1. The summed E-state index contributed by atoms with van der Waals surface area (Å²) >= 11 is 0. The Hall–Kier alpha value is -1.90. The average Bonchev–Trinajstić information content (AvgIpc) is 2.30. The lowest BCUT2D eigenvalue weighted by Gasteiger charge is -2.06. The second kappa shape index (κ2) is 5.43. The van der Waals surface area contributed by atoms with Crippen molar-refractivity contribution < 1.29 is 9.30 Å². The highest BCUT2D eigenvalue weighted by molar-refractivity contribution is 5.13. The van der Waals surface area contributed by atoms with Gasteiger partial charge in [0.05, 0.1) is 12.3 Å². The maximum Gasteiger partial charge on any atom is 0.280 e. The second-order valence-electron chi connectivity index (χ2n) is 4.22. The molecule has 0 aliphatic carbocycles. The second-order valence-corrected chi connectivity index (χ2v) is 4.22. The number of ether oxygens (including phenoxy) is 1. The van der Waals surface area contributed by atoms with Crippen molar-refractivity contribution in [2.75, 3.05) is 0 Å². The first kappa shape index (κ1) is 11.6. The number of nitrogens with zero attached hydrogens (tertiary/aromatic N) is 2. The summed E-state index contributed by atoms with van der Waals surface area (Å²) < 4.78 is 7.63. The molecule has 0 aliphatic heterocycles. The quantitative estimate of drug-likeness (QED) is 0.751. The van der Waals surface area contributed by atoms with Crippen LogP contribution in [0.5, 0.6) is 5.88 Å². The number of rotatable bonds is 4. The van der Waals surface area contributed by atoms with E-state index in [0.29, 0.717) is 5.88 Å². The number of benzene rings is 1. The van der Waals surface area contributed by atoms with Crippen LogP contribution in [0.3, 0.4) is 0 Å². The topological polar surface area (TPSA) is 26.0 Å². The van der Waals surface area contributed by atoms with E-state index in [1.807, 2.05) is 44.4 Å². The van der Waals surface area contributed by atoms with E-state index in [4.69, 9.17) is 4.74 Å². The van der Waals surface area contributed by atoms with Gasteiger partial charge in [-0.1, -0.05) is 30.3 Å². The third-order valence-corrected chi connectivity index (χ3v) is 2.30. The minimum Gasteiger partial charge on any atom is -0.471 e. The standard InChI is InChI=1S/C14H17N2O/c1-12(2)17-14-11-16(9-8-15-14)10-13-6-4-3-5-7-13/h3-9,11-12H,10H2,1-2H3/q+1. The fourth-order valence-electron chi connectivity index (χ4n) is 1.61. The van der Waals surface area contributed by atoms with Crippen molar-refractivity contribution in [2.45, 2.75) is 26.5 Å². The molecule has 0 saturated heterocycles. The Bertz CT molecular complexity index is 469. The summed E-state index contributed by atoms with van der Waals surface area (Å²) in [7, 11) is 0. The van der Waals surface area contributed by atoms with E-state index >= 15 is 0 Å². The molecule has 0 saturated carbocycles. The van der Waals surface area contributed by atoms with Crippen LogP contribution in [0.1, 0.15) is 19.4 Å². The molecule has 1 aromatic heterocycles. The van der Waals surface area contributed by atoms with Crippen LogP contribution in [-0.4, -0.2) is 11.1 Å². The molecule has 2 rings (SSSR count). The Morgan fingerprint density at radius 3 is 2.71 bits per heavy atom. The normalized spacial score (nSPS) is 10.5. The van der Waals surface area contributed by atoms with Crippen molar-refractivity contribution >= 4 is 0 Å². The van der Waals surface area contributed by atoms with Gasteiger partial charge in [0.25, 0.3) is 5.88 Å². The van der Waals surface area contributed by atoms with Crippen LogP contribution >= 0.6 is 0 Å². The predicted molar refractivity (Wildman–Crippen MR) is 65.7 cm³/mol. The minimum absolute atomic E-state index is 0.148. The first-order valence-corrected chi connectivity index (χ1v) is 5.80. The molecule has 0 fully saturated rings. The smallest absolute Gasteiger partial charge is 0.280 e. The molecular weight excluding hydrogens is 212 g/mol. The molecule has 1 heterocycles. The fraction of sp³-hybridized carbons (Fsp3) is 0.286. The van der Waals surface area contributed by atoms with Gasteiger partial charge in [0.2, 0.25) is 6.20 Å². The number of hydrogen-bond donors (Lipinski definition) is 0. The summed E-state index contributed by atoms with van der Waals surface area (Å²) in [5.41, 5.74) is 1.26. The highest BCUT2D eigenvalue weighted by Crippen LogP contribution is 2.04. The Labute approximate surface area is 102 Å². The molecule has 3 heteroatoms. The van der Waals surface area contributed by atoms with Crippen LogP contribution in [0, 0.1) is 0 Å². The molecule has 88 valence electrons. The zero-order valence-electron chi connectivity index (χ0n) is 10.2. The van der Waals surface area contributed by atoms with Gasteiger partial charge >= 0.3 is 0 Å². The zero-order valence-corrected chi connectivity index (χ0v) is 10.2. The van der Waals surface area contributed by atoms with E-state index in [9.17, 15) is 0 Å². The molecule has 0 radical (unpaired) electrons. The molecule has 0 bridgehead atoms. The third kappa shape index (κ3) is 3.55. The van der Waals surface area contributed by atoms with Gasteiger partial charge in [0.15, 0.2) is 12.7 Å². The summed E-state index contributed by atoms with van der Waals surface area (Å²) in [6, 6.07) is 10.3. The molecule has 0 N–H and O–H groups in total. The van der Waals surface area contributed by atoms with Gasteiger partial charge in [-0.15, -0.1) is 0 Å². The summed E-state index contributed by atoms with van der Waals surface area (Å²) in [5, 5.41) is 0. The van der Waals surface area contributed by atoms with Crippen LogP contribution in [0.2, 0.25) is 0 Å². The largest absolute Gasteiger partial charge is 0.471 e. The Morgan fingerprint density at radius 2 is 2.00 bits per heavy atom. The van der Waals surface area contributed by atoms with E-state index in [2.05, 4.69) is 21.7 Å². The summed E-state index contributed by atoms with van der Waals surface area (Å²) in [6.07, 6.45) is 5.78. The number of hydrogen-bond acceptors (Lipinski definition) is 2. The minimum atomic E-state index is 0.148. The first-order chi connectivity index (χ1) is 8.24. The van der Waals surface area contributed by atoms with E-state index in [0.717, 1.165) is 6.54 Å². The van der Waals surface area contributed by atoms with Crippen molar-refractivity contribution in [3.05, 3.63) is 54.5 Å². The van der Waals surface area contributed by atoms with Crippen molar-refractivity contribution in [1.29, 1.82) is 0 Å². The lowest BCUT2D eigenvalue weighted by atomic mass is 10.2. The van der Waals surface area contributed by atoms with Gasteiger partial charge in [0.1, 0.15) is 0 Å². The van der Waals surface area contributed by atoms with E-state index < -0.39 is 0 Å². The van der Waals surface area contributed by atoms with Crippen LogP contribution in [0.15, 0.2) is 48.9 Å². The fourth-order valence-corrected chi connectivity index (χ4v) is 1.61. The Kier molecular flexibility index (Phi) is 3.70. The third-order valence-electron chi connectivity index (χ3n) is 2.30. The summed E-state index contributed by atoms with van der Waals surface area (Å²) in [6.45, 7) is 4.82. The van der Waals surface area contributed by atoms with Crippen LogP contribution in [0.25, 0.3) is 0 Å². The molecule has 1 aromatic carbocycles. The monoisotopic (exact) mass is 229 g/mol. The molecule has 0 atom stereocenters. The molecule has 2 aromatic rings. The van der Waals surface area contributed by atoms with Gasteiger partial charge in [-0.2, -0.15) is 4.57 Å². The zero-order chi connectivity index (χ0) is 12.1. The van der Waals surface area contributed by atoms with E-state index in [1.165, 1.54) is 5.56 Å². The maximum absolute atomic E-state index is 5.56. The average molecular weight is 229 g/mol. The lowest BCUT2D eigenvalue weighted by molar-refractivity contribution is -0.689. The first-order valence-electron chi connectivity index (χ1n) is 5.80. The van der Waals surface area contributed by atoms with Crippen LogP contribution < -0.4 is 9.30 Å². The highest BCUT2D eigenvalue weighted by atomic mass is 16.5. The van der Waals surface area contributed by atoms with Crippen molar-refractivity contribution in [1.82, 2.24) is 4.98 Å². The van der Waals surface area contributed by atoms with E-state index in [1.54, 1.807) is 6.20 Å². The summed E-state index contributed by atoms with van der Waals surface area (Å²) in [4.78, 5) is 4.18. The summed E-state index contributed by atoms with van der Waals surface area (Å²) in [5.74, 6) is 0.665. The van der Waals surface area contributed by atoms with Crippen LogP contribution in [0.4, 0.5) is 0 Å². The van der Waals surface area contributed by atoms with Gasteiger partial charge in [-0.3, -0.25) is 0 Å². The van der Waals surface area contributed by atoms with Gasteiger partial charge < -0.3 is 4.74 Å². The molecule has 0 aliphatic rings. The molecule has 17 heavy (non-hydrogen) atoms. The maximum atomic E-state index is 5.56. The predicted octanol–water partition coefficient (Wildman–Crippen LogP) is 2.20. The molecule has 0 spiro atoms. The molecular formula is C14H17N2O+. The van der Waals surface area contributed by atoms with Gasteiger partial charge in [-0.05, 0) is 13.8 Å². The Morgan fingerprint density at radius 1 is 1.24 bits per heavy atom. The van der Waals surface area contributed by atoms with Crippen molar-refractivity contribution in [2.24, 2.45) is 0 Å². The van der Waals surface area contributed by atoms with Gasteiger partial charge in [0, 0.05) is 5.56 Å². The van der Waals surface area contributed by atoms with Crippen LogP contribution in [-0.2, 0) is 6.54 Å². The van der Waals surface area contributed by atoms with Gasteiger partial charge in [-0.25, -0.2) is 4.98 Å². The van der Waals surface area contributed by atoms with Crippen molar-refractivity contribution in [3.8, 4) is 5.88 Å². The Balaban J connectivity index is 2.11. The number of aromatic nitrogens is 2. The lowest BCUT2D eigenvalue weighted by Crippen LogP contribution is -2.34. The molecule has 3 nitrogen and oxygen atoms in total. The van der Waals surface area contributed by atoms with E-state index in [-0.39, 0.29) is 6.10 Å². The molecule has 0 amide bonds. The van der Waals surface area contributed by atoms with Crippen molar-refractivity contribution in [3.63, 3.8) is 0 Å². The highest BCUT2D eigenvalue weighted by Gasteiger charge is 2.07. The molecule has 0 unspecified atom stereocenters.